The van der Waals surface area contributed by atoms with E-state index in [0.717, 1.165) is 38.3 Å². The van der Waals surface area contributed by atoms with Gasteiger partial charge < -0.3 is 10.2 Å². The van der Waals surface area contributed by atoms with Gasteiger partial charge in [0.05, 0.1) is 10.7 Å². The van der Waals surface area contributed by atoms with Gasteiger partial charge in [0.1, 0.15) is 5.82 Å². The van der Waals surface area contributed by atoms with E-state index >= 15 is 0 Å². The highest BCUT2D eigenvalue weighted by atomic mass is 35.5. The van der Waals surface area contributed by atoms with E-state index < -0.39 is 0 Å². The van der Waals surface area contributed by atoms with E-state index in [1.54, 1.807) is 18.2 Å². The summed E-state index contributed by atoms with van der Waals surface area (Å²) in [7, 11) is 0. The zero-order valence-corrected chi connectivity index (χ0v) is 15.8. The second-order valence-electron chi connectivity index (χ2n) is 5.94. The maximum atomic E-state index is 13.0. The van der Waals surface area contributed by atoms with Crippen molar-refractivity contribution in [3.8, 4) is 0 Å². The Morgan fingerprint density at radius 1 is 1.04 bits per heavy atom. The maximum Gasteiger partial charge on any atom is 0.173 e. The highest BCUT2D eigenvalue weighted by molar-refractivity contribution is 7.80. The maximum absolute atomic E-state index is 13.0. The monoisotopic (exact) mass is 397 g/mol. The minimum absolute atomic E-state index is 0.204. The molecule has 1 heterocycles. The molecular formula is C18H18Cl2FN3S. The average molecular weight is 398 g/mol. The van der Waals surface area contributed by atoms with E-state index in [9.17, 15) is 4.39 Å². The van der Waals surface area contributed by atoms with Crippen LogP contribution in [0, 0.1) is 5.82 Å². The van der Waals surface area contributed by atoms with Crippen LogP contribution in [0.4, 0.5) is 10.1 Å². The van der Waals surface area contributed by atoms with E-state index in [-0.39, 0.29) is 5.82 Å². The highest BCUT2D eigenvalue weighted by Gasteiger charge is 2.19. The zero-order valence-electron chi connectivity index (χ0n) is 13.5. The van der Waals surface area contributed by atoms with Gasteiger partial charge in [0, 0.05) is 37.7 Å². The van der Waals surface area contributed by atoms with Crippen molar-refractivity contribution in [1.82, 2.24) is 9.80 Å². The van der Waals surface area contributed by atoms with Crippen LogP contribution in [-0.2, 0) is 6.54 Å². The van der Waals surface area contributed by atoms with Gasteiger partial charge in [0.25, 0.3) is 0 Å². The first kappa shape index (κ1) is 18.4. The van der Waals surface area contributed by atoms with E-state index in [0.29, 0.717) is 20.8 Å². The molecule has 3 nitrogen and oxygen atoms in total. The normalized spacial score (nSPS) is 15.2. The summed E-state index contributed by atoms with van der Waals surface area (Å²) in [4.78, 5) is 4.45. The standard InChI is InChI=1S/C18H18Cl2FN3S/c19-14-3-6-16(20)17(11-14)22-18(25)24-9-7-23(8-10-24)12-13-1-4-15(21)5-2-13/h1-6,11H,7-10,12H2,(H,22,25). The fourth-order valence-corrected chi connectivity index (χ4v) is 3.37. The lowest BCUT2D eigenvalue weighted by Crippen LogP contribution is -2.49. The van der Waals surface area contributed by atoms with Gasteiger partial charge in [0.15, 0.2) is 5.11 Å². The summed E-state index contributed by atoms with van der Waals surface area (Å²) in [5.74, 6) is -0.204. The molecule has 1 saturated heterocycles. The molecule has 1 fully saturated rings. The number of halogens is 3. The summed E-state index contributed by atoms with van der Waals surface area (Å²) in [6, 6.07) is 11.9. The molecule has 1 N–H and O–H groups in total. The van der Waals surface area contributed by atoms with Gasteiger partial charge in [0.2, 0.25) is 0 Å². The van der Waals surface area contributed by atoms with Crippen LogP contribution in [0.3, 0.4) is 0 Å². The summed E-state index contributed by atoms with van der Waals surface area (Å²) < 4.78 is 13.0. The Bertz CT molecular complexity index is 746. The molecule has 0 unspecified atom stereocenters. The van der Waals surface area contributed by atoms with Crippen molar-refractivity contribution in [2.24, 2.45) is 0 Å². The number of thiocarbonyl (C=S) groups is 1. The zero-order chi connectivity index (χ0) is 17.8. The molecule has 0 aromatic heterocycles. The van der Waals surface area contributed by atoms with Crippen LogP contribution in [0.1, 0.15) is 5.56 Å². The summed E-state index contributed by atoms with van der Waals surface area (Å²) in [6.45, 7) is 4.25. The number of nitrogens with zero attached hydrogens (tertiary/aromatic N) is 2. The predicted octanol–water partition coefficient (Wildman–Crippen LogP) is 4.65. The number of benzene rings is 2. The molecule has 132 valence electrons. The van der Waals surface area contributed by atoms with Crippen LogP contribution in [0.15, 0.2) is 42.5 Å². The molecule has 25 heavy (non-hydrogen) atoms. The second kappa shape index (κ2) is 8.32. The molecule has 0 spiro atoms. The molecule has 7 heteroatoms. The first-order valence-electron chi connectivity index (χ1n) is 7.99. The third kappa shape index (κ3) is 5.05. The molecule has 0 aliphatic carbocycles. The molecule has 0 amide bonds. The summed E-state index contributed by atoms with van der Waals surface area (Å²) in [6.07, 6.45) is 0. The largest absolute Gasteiger partial charge is 0.346 e. The average Bonchev–Trinajstić information content (AvgIpc) is 2.61. The van der Waals surface area contributed by atoms with Crippen LogP contribution >= 0.6 is 35.4 Å². The Balaban J connectivity index is 1.52. The molecule has 0 atom stereocenters. The topological polar surface area (TPSA) is 18.5 Å². The van der Waals surface area contributed by atoms with Crippen molar-refractivity contribution in [2.45, 2.75) is 6.54 Å². The lowest BCUT2D eigenvalue weighted by molar-refractivity contribution is 0.177. The summed E-state index contributed by atoms with van der Waals surface area (Å²) in [5, 5.41) is 5.01. The van der Waals surface area contributed by atoms with Crippen molar-refractivity contribution >= 4 is 46.2 Å². The number of piperazine rings is 1. The van der Waals surface area contributed by atoms with Crippen LogP contribution < -0.4 is 5.32 Å². The Morgan fingerprint density at radius 3 is 2.40 bits per heavy atom. The van der Waals surface area contributed by atoms with E-state index in [1.807, 2.05) is 12.1 Å². The molecule has 0 saturated carbocycles. The molecular weight excluding hydrogens is 380 g/mol. The van der Waals surface area contributed by atoms with Crippen molar-refractivity contribution < 1.29 is 4.39 Å². The fraction of sp³-hybridized carbons (Fsp3) is 0.278. The Morgan fingerprint density at radius 2 is 1.72 bits per heavy atom. The number of hydrogen-bond donors (Lipinski definition) is 1. The molecule has 0 bridgehead atoms. The predicted molar refractivity (Wildman–Crippen MR) is 106 cm³/mol. The van der Waals surface area contributed by atoms with E-state index in [1.165, 1.54) is 12.1 Å². The lowest BCUT2D eigenvalue weighted by Gasteiger charge is -2.36. The number of hydrogen-bond acceptors (Lipinski definition) is 2. The van der Waals surface area contributed by atoms with Crippen LogP contribution in [0.25, 0.3) is 0 Å². The molecule has 0 radical (unpaired) electrons. The van der Waals surface area contributed by atoms with Gasteiger partial charge in [-0.3, -0.25) is 4.90 Å². The van der Waals surface area contributed by atoms with Gasteiger partial charge in [-0.1, -0.05) is 35.3 Å². The van der Waals surface area contributed by atoms with Gasteiger partial charge in [-0.2, -0.15) is 0 Å². The molecule has 1 aliphatic heterocycles. The van der Waals surface area contributed by atoms with E-state index in [4.69, 9.17) is 35.4 Å². The van der Waals surface area contributed by atoms with Gasteiger partial charge in [-0.15, -0.1) is 0 Å². The van der Waals surface area contributed by atoms with Crippen LogP contribution in [0.5, 0.6) is 0 Å². The van der Waals surface area contributed by atoms with Crippen molar-refractivity contribution in [1.29, 1.82) is 0 Å². The fourth-order valence-electron chi connectivity index (χ4n) is 2.74. The first-order chi connectivity index (χ1) is 12.0. The van der Waals surface area contributed by atoms with Crippen LogP contribution in [-0.4, -0.2) is 41.1 Å². The highest BCUT2D eigenvalue weighted by Crippen LogP contribution is 2.25. The number of anilines is 1. The smallest absolute Gasteiger partial charge is 0.173 e. The van der Waals surface area contributed by atoms with Crippen LogP contribution in [0.2, 0.25) is 10.0 Å². The quantitative estimate of drug-likeness (QED) is 0.759. The van der Waals surface area contributed by atoms with Crippen molar-refractivity contribution in [2.75, 3.05) is 31.5 Å². The number of rotatable bonds is 3. The van der Waals surface area contributed by atoms with Gasteiger partial charge >= 0.3 is 0 Å². The summed E-state index contributed by atoms with van der Waals surface area (Å²) in [5.41, 5.74) is 1.83. The molecule has 2 aromatic rings. The molecule has 3 rings (SSSR count). The lowest BCUT2D eigenvalue weighted by atomic mass is 10.2. The Labute approximate surface area is 162 Å². The molecule has 2 aromatic carbocycles. The number of nitrogens with one attached hydrogen (secondary N) is 1. The SMILES string of the molecule is Fc1ccc(CN2CCN(C(=S)Nc3cc(Cl)ccc3Cl)CC2)cc1. The minimum atomic E-state index is -0.204. The Kier molecular flexibility index (Phi) is 6.12. The van der Waals surface area contributed by atoms with Crippen molar-refractivity contribution in [3.05, 3.63) is 63.9 Å². The van der Waals surface area contributed by atoms with E-state index in [2.05, 4.69) is 15.1 Å². The van der Waals surface area contributed by atoms with Gasteiger partial charge in [-0.25, -0.2) is 4.39 Å². The minimum Gasteiger partial charge on any atom is -0.346 e. The Hall–Kier alpha value is -1.40. The first-order valence-corrected chi connectivity index (χ1v) is 9.15. The van der Waals surface area contributed by atoms with Gasteiger partial charge in [-0.05, 0) is 48.1 Å². The third-order valence-electron chi connectivity index (χ3n) is 4.15. The second-order valence-corrected chi connectivity index (χ2v) is 7.17. The summed E-state index contributed by atoms with van der Waals surface area (Å²) >= 11 is 17.7. The third-order valence-corrected chi connectivity index (χ3v) is 5.07. The van der Waals surface area contributed by atoms with Crippen molar-refractivity contribution in [3.63, 3.8) is 0 Å². The molecule has 1 aliphatic rings.